The minimum atomic E-state index is -0.463. The number of nitrogens with zero attached hydrogens (tertiary/aromatic N) is 2. The van der Waals surface area contributed by atoms with E-state index in [-0.39, 0.29) is 6.04 Å². The largest absolute Gasteiger partial charge is 0.353 e. The first kappa shape index (κ1) is 10.8. The predicted octanol–water partition coefficient (Wildman–Crippen LogP) is 1.41. The van der Waals surface area contributed by atoms with Gasteiger partial charge in [0.05, 0.1) is 19.3 Å². The summed E-state index contributed by atoms with van der Waals surface area (Å²) in [7, 11) is 0. The Bertz CT molecular complexity index is 330. The Balaban J connectivity index is 1.87. The second-order valence-corrected chi connectivity index (χ2v) is 5.17. The summed E-state index contributed by atoms with van der Waals surface area (Å²) in [6.07, 6.45) is 0. The van der Waals surface area contributed by atoms with Gasteiger partial charge < -0.3 is 14.8 Å². The minimum Gasteiger partial charge on any atom is -0.353 e. The summed E-state index contributed by atoms with van der Waals surface area (Å²) < 4.78 is 11.1. The van der Waals surface area contributed by atoms with E-state index < -0.39 is 5.79 Å². The van der Waals surface area contributed by atoms with Crippen molar-refractivity contribution < 1.29 is 9.47 Å². The van der Waals surface area contributed by atoms with E-state index in [9.17, 15) is 0 Å². The zero-order chi connectivity index (χ0) is 10.9. The number of nitrogens with one attached hydrogen (secondary N) is 1. The summed E-state index contributed by atoms with van der Waals surface area (Å²) in [6, 6.07) is 0.158. The Morgan fingerprint density at radius 3 is 2.53 bits per heavy atom. The van der Waals surface area contributed by atoms with Gasteiger partial charge in [-0.05, 0) is 20.8 Å². The highest BCUT2D eigenvalue weighted by molar-refractivity contribution is 7.15. The first-order valence-electron chi connectivity index (χ1n) is 4.90. The monoisotopic (exact) mass is 229 g/mol. The van der Waals surface area contributed by atoms with Gasteiger partial charge in [-0.3, -0.25) is 0 Å². The van der Waals surface area contributed by atoms with Crippen LogP contribution in [-0.4, -0.2) is 35.2 Å². The predicted molar refractivity (Wildman–Crippen MR) is 58.0 cm³/mol. The van der Waals surface area contributed by atoms with Gasteiger partial charge in [0.25, 0.3) is 0 Å². The van der Waals surface area contributed by atoms with E-state index in [1.54, 1.807) is 0 Å². The third-order valence-corrected chi connectivity index (χ3v) is 2.89. The van der Waals surface area contributed by atoms with Crippen molar-refractivity contribution in [2.75, 3.05) is 18.5 Å². The van der Waals surface area contributed by atoms with E-state index >= 15 is 0 Å². The number of anilines is 1. The molecule has 15 heavy (non-hydrogen) atoms. The Morgan fingerprint density at radius 2 is 2.00 bits per heavy atom. The summed E-state index contributed by atoms with van der Waals surface area (Å²) in [5.74, 6) is -0.463. The van der Waals surface area contributed by atoms with E-state index in [4.69, 9.17) is 9.47 Å². The molecule has 6 heteroatoms. The molecular weight excluding hydrogens is 214 g/mol. The molecule has 0 amide bonds. The first-order valence-corrected chi connectivity index (χ1v) is 5.71. The molecule has 1 aliphatic heterocycles. The maximum atomic E-state index is 5.53. The molecule has 1 saturated heterocycles. The van der Waals surface area contributed by atoms with Gasteiger partial charge in [0, 0.05) is 0 Å². The van der Waals surface area contributed by atoms with Crippen molar-refractivity contribution in [3.8, 4) is 0 Å². The standard InChI is InChI=1S/C9H15N3O2S/c1-6-11-12-8(15-6)10-7-4-13-9(2,3)14-5-7/h7H,4-5H2,1-3H3,(H,10,12). The molecule has 0 spiro atoms. The van der Waals surface area contributed by atoms with Crippen LogP contribution in [0.5, 0.6) is 0 Å². The molecule has 0 aromatic carbocycles. The number of hydrogen-bond acceptors (Lipinski definition) is 6. The van der Waals surface area contributed by atoms with Crippen LogP contribution in [0.4, 0.5) is 5.13 Å². The highest BCUT2D eigenvalue weighted by Gasteiger charge is 2.28. The van der Waals surface area contributed by atoms with E-state index in [1.807, 2.05) is 20.8 Å². The molecule has 5 nitrogen and oxygen atoms in total. The lowest BCUT2D eigenvalue weighted by Gasteiger charge is -2.35. The number of ether oxygens (including phenoxy) is 2. The second-order valence-electron chi connectivity index (χ2n) is 3.99. The molecule has 0 unspecified atom stereocenters. The van der Waals surface area contributed by atoms with Crippen LogP contribution in [-0.2, 0) is 9.47 Å². The van der Waals surface area contributed by atoms with Crippen LogP contribution in [0.25, 0.3) is 0 Å². The summed E-state index contributed by atoms with van der Waals surface area (Å²) in [4.78, 5) is 0. The van der Waals surface area contributed by atoms with Crippen molar-refractivity contribution in [2.24, 2.45) is 0 Å². The van der Waals surface area contributed by atoms with Gasteiger partial charge in [-0.1, -0.05) is 11.3 Å². The minimum absolute atomic E-state index is 0.158. The fourth-order valence-corrected chi connectivity index (χ4v) is 1.97. The molecule has 1 aromatic rings. The van der Waals surface area contributed by atoms with Crippen LogP contribution >= 0.6 is 11.3 Å². The summed E-state index contributed by atoms with van der Waals surface area (Å²) >= 11 is 1.54. The SMILES string of the molecule is Cc1nnc(NC2COC(C)(C)OC2)s1. The Kier molecular flexibility index (Phi) is 2.90. The maximum absolute atomic E-state index is 5.53. The Hall–Kier alpha value is -0.720. The van der Waals surface area contributed by atoms with Crippen LogP contribution in [0.2, 0.25) is 0 Å². The van der Waals surface area contributed by atoms with E-state index in [1.165, 1.54) is 11.3 Å². The summed E-state index contributed by atoms with van der Waals surface area (Å²) in [6.45, 7) is 7.02. The van der Waals surface area contributed by atoms with Crippen molar-refractivity contribution in [3.63, 3.8) is 0 Å². The molecule has 1 aromatic heterocycles. The van der Waals surface area contributed by atoms with Gasteiger partial charge in [0.1, 0.15) is 5.01 Å². The van der Waals surface area contributed by atoms with Crippen molar-refractivity contribution in [1.29, 1.82) is 0 Å². The molecule has 0 bridgehead atoms. The molecule has 0 atom stereocenters. The lowest BCUT2D eigenvalue weighted by atomic mass is 10.2. The molecule has 0 aliphatic carbocycles. The van der Waals surface area contributed by atoms with Crippen molar-refractivity contribution in [1.82, 2.24) is 10.2 Å². The van der Waals surface area contributed by atoms with Gasteiger partial charge in [0.15, 0.2) is 5.79 Å². The topological polar surface area (TPSA) is 56.3 Å². The first-order chi connectivity index (χ1) is 7.05. The second kappa shape index (κ2) is 4.03. The number of rotatable bonds is 2. The molecular formula is C9H15N3O2S. The van der Waals surface area contributed by atoms with Gasteiger partial charge >= 0.3 is 0 Å². The molecule has 1 N–H and O–H groups in total. The number of hydrogen-bond donors (Lipinski definition) is 1. The Labute approximate surface area is 92.8 Å². The third kappa shape index (κ3) is 2.87. The van der Waals surface area contributed by atoms with E-state index in [0.29, 0.717) is 13.2 Å². The molecule has 84 valence electrons. The maximum Gasteiger partial charge on any atom is 0.206 e. The lowest BCUT2D eigenvalue weighted by Crippen LogP contribution is -2.45. The van der Waals surface area contributed by atoms with Crippen molar-refractivity contribution in [2.45, 2.75) is 32.6 Å². The average Bonchev–Trinajstić information content (AvgIpc) is 2.55. The van der Waals surface area contributed by atoms with Crippen LogP contribution in [0.1, 0.15) is 18.9 Å². The molecule has 2 heterocycles. The molecule has 1 fully saturated rings. The average molecular weight is 229 g/mol. The Morgan fingerprint density at radius 1 is 1.33 bits per heavy atom. The van der Waals surface area contributed by atoms with Crippen LogP contribution in [0.3, 0.4) is 0 Å². The van der Waals surface area contributed by atoms with Gasteiger partial charge in [0.2, 0.25) is 5.13 Å². The summed E-state index contributed by atoms with van der Waals surface area (Å²) in [5, 5.41) is 12.9. The van der Waals surface area contributed by atoms with Crippen LogP contribution in [0, 0.1) is 6.92 Å². The van der Waals surface area contributed by atoms with Crippen LogP contribution < -0.4 is 5.32 Å². The highest BCUT2D eigenvalue weighted by atomic mass is 32.1. The fourth-order valence-electron chi connectivity index (χ4n) is 1.31. The van der Waals surface area contributed by atoms with Crippen LogP contribution in [0.15, 0.2) is 0 Å². The van der Waals surface area contributed by atoms with E-state index in [2.05, 4.69) is 15.5 Å². The highest BCUT2D eigenvalue weighted by Crippen LogP contribution is 2.20. The zero-order valence-corrected chi connectivity index (χ0v) is 9.93. The molecule has 2 rings (SSSR count). The van der Waals surface area contributed by atoms with E-state index in [0.717, 1.165) is 10.1 Å². The summed E-state index contributed by atoms with van der Waals surface area (Å²) in [5.41, 5.74) is 0. The number of aryl methyl sites for hydroxylation is 1. The number of aromatic nitrogens is 2. The molecule has 0 radical (unpaired) electrons. The van der Waals surface area contributed by atoms with Crippen molar-refractivity contribution in [3.05, 3.63) is 5.01 Å². The normalized spacial score (nSPS) is 21.5. The fraction of sp³-hybridized carbons (Fsp3) is 0.778. The van der Waals surface area contributed by atoms with Gasteiger partial charge in [-0.15, -0.1) is 10.2 Å². The molecule has 0 saturated carbocycles. The quantitative estimate of drug-likeness (QED) is 0.831. The van der Waals surface area contributed by atoms with Gasteiger partial charge in [-0.2, -0.15) is 0 Å². The van der Waals surface area contributed by atoms with Crippen molar-refractivity contribution >= 4 is 16.5 Å². The smallest absolute Gasteiger partial charge is 0.206 e. The third-order valence-electron chi connectivity index (χ3n) is 2.12. The zero-order valence-electron chi connectivity index (χ0n) is 9.11. The lowest BCUT2D eigenvalue weighted by molar-refractivity contribution is -0.247. The van der Waals surface area contributed by atoms with Gasteiger partial charge in [-0.25, -0.2) is 0 Å². The molecule has 1 aliphatic rings.